The molecular formula is C33H26FN3O6S2. The molecule has 0 spiro atoms. The van der Waals surface area contributed by atoms with Crippen molar-refractivity contribution in [3.8, 4) is 17.2 Å². The summed E-state index contributed by atoms with van der Waals surface area (Å²) < 4.78 is 25.7. The molecule has 1 atom stereocenters. The van der Waals surface area contributed by atoms with Gasteiger partial charge >= 0.3 is 5.91 Å². The maximum Gasteiger partial charge on any atom is 0.301 e. The summed E-state index contributed by atoms with van der Waals surface area (Å²) in [5, 5.41) is 32.6. The molecule has 228 valence electrons. The van der Waals surface area contributed by atoms with Crippen LogP contribution in [0.4, 0.5) is 9.52 Å². The van der Waals surface area contributed by atoms with Gasteiger partial charge in [-0.05, 0) is 59.2 Å². The Bertz CT molecular complexity index is 1970. The molecule has 1 saturated heterocycles. The summed E-state index contributed by atoms with van der Waals surface area (Å²) in [7, 11) is 1.31. The molecule has 1 aromatic heterocycles. The smallest absolute Gasteiger partial charge is 0.301 e. The Morgan fingerprint density at radius 3 is 2.60 bits per heavy atom. The van der Waals surface area contributed by atoms with Crippen molar-refractivity contribution in [2.45, 2.75) is 23.1 Å². The number of Topliss-reactive ketones (excluding diaryl/α,β-unsaturated/α-hetero) is 1. The SMILES string of the molecule is CCOc1cc([C@@H]2C(=C(O)c3ccc(OC)c(F)c3)C(=O)C(=O)N2c2nnc(SCc3cccc4ccccc34)s2)ccc1O. The van der Waals surface area contributed by atoms with Crippen LogP contribution in [0.1, 0.15) is 29.7 Å². The number of rotatable bonds is 9. The van der Waals surface area contributed by atoms with Crippen molar-refractivity contribution in [2.24, 2.45) is 0 Å². The molecule has 0 aliphatic carbocycles. The highest BCUT2D eigenvalue weighted by Crippen LogP contribution is 2.46. The molecule has 1 aliphatic rings. The van der Waals surface area contributed by atoms with Gasteiger partial charge in [-0.15, -0.1) is 10.2 Å². The molecule has 1 aliphatic heterocycles. The van der Waals surface area contributed by atoms with E-state index < -0.39 is 29.3 Å². The number of hydrogen-bond donors (Lipinski definition) is 2. The number of phenolic OH excluding ortho intramolecular Hbond substituents is 1. The maximum absolute atomic E-state index is 14.6. The van der Waals surface area contributed by atoms with Crippen LogP contribution in [0.3, 0.4) is 0 Å². The summed E-state index contributed by atoms with van der Waals surface area (Å²) in [6.07, 6.45) is 0. The van der Waals surface area contributed by atoms with E-state index in [-0.39, 0.29) is 40.1 Å². The zero-order valence-electron chi connectivity index (χ0n) is 24.1. The molecule has 2 N–H and O–H groups in total. The van der Waals surface area contributed by atoms with Crippen molar-refractivity contribution in [1.82, 2.24) is 10.2 Å². The summed E-state index contributed by atoms with van der Waals surface area (Å²) in [5.74, 6) is -2.74. The van der Waals surface area contributed by atoms with E-state index in [1.807, 2.05) is 36.4 Å². The maximum atomic E-state index is 14.6. The first-order chi connectivity index (χ1) is 21.8. The third-order valence-corrected chi connectivity index (χ3v) is 9.41. The average molecular weight is 644 g/mol. The van der Waals surface area contributed by atoms with Crippen molar-refractivity contribution in [3.63, 3.8) is 0 Å². The molecular weight excluding hydrogens is 618 g/mol. The van der Waals surface area contributed by atoms with Crippen molar-refractivity contribution in [1.29, 1.82) is 0 Å². The molecule has 45 heavy (non-hydrogen) atoms. The fraction of sp³-hybridized carbons (Fsp3) is 0.152. The fourth-order valence-electron chi connectivity index (χ4n) is 5.20. The Labute approximate surface area is 265 Å². The van der Waals surface area contributed by atoms with Crippen molar-refractivity contribution >= 4 is 56.5 Å². The highest BCUT2D eigenvalue weighted by molar-refractivity contribution is 8.00. The number of carbonyl (C=O) groups is 2. The van der Waals surface area contributed by atoms with E-state index in [2.05, 4.69) is 16.3 Å². The van der Waals surface area contributed by atoms with Gasteiger partial charge in [-0.3, -0.25) is 14.5 Å². The van der Waals surface area contributed by atoms with E-state index in [9.17, 15) is 24.2 Å². The van der Waals surface area contributed by atoms with Crippen molar-refractivity contribution < 1.29 is 33.7 Å². The molecule has 12 heteroatoms. The molecule has 0 saturated carbocycles. The van der Waals surface area contributed by atoms with Gasteiger partial charge in [0.15, 0.2) is 27.4 Å². The Morgan fingerprint density at radius 2 is 1.82 bits per heavy atom. The molecule has 0 radical (unpaired) electrons. The number of anilines is 1. The quantitative estimate of drug-likeness (QED) is 0.0583. The predicted molar refractivity (Wildman–Crippen MR) is 170 cm³/mol. The Kier molecular flexibility index (Phi) is 8.42. The zero-order chi connectivity index (χ0) is 31.7. The van der Waals surface area contributed by atoms with E-state index in [0.717, 1.165) is 38.6 Å². The minimum absolute atomic E-state index is 0.0243. The van der Waals surface area contributed by atoms with Gasteiger partial charge in [0.2, 0.25) is 5.13 Å². The highest BCUT2D eigenvalue weighted by Gasteiger charge is 2.48. The van der Waals surface area contributed by atoms with Gasteiger partial charge in [0.1, 0.15) is 5.76 Å². The molecule has 4 aromatic carbocycles. The van der Waals surface area contributed by atoms with Crippen molar-refractivity contribution in [2.75, 3.05) is 18.6 Å². The van der Waals surface area contributed by atoms with Gasteiger partial charge in [0.25, 0.3) is 5.78 Å². The number of methoxy groups -OCH3 is 1. The number of ketones is 1. The predicted octanol–water partition coefficient (Wildman–Crippen LogP) is 6.86. The third-order valence-electron chi connectivity index (χ3n) is 7.30. The number of phenols is 1. The Hall–Kier alpha value is -4.94. The summed E-state index contributed by atoms with van der Waals surface area (Å²) in [5.41, 5.74) is 1.15. The summed E-state index contributed by atoms with van der Waals surface area (Å²) in [6, 6.07) is 21.1. The number of aliphatic hydroxyl groups excluding tert-OH is 1. The van der Waals surface area contributed by atoms with Crippen LogP contribution in [0.2, 0.25) is 0 Å². The number of benzene rings is 4. The van der Waals surface area contributed by atoms with Gasteiger partial charge in [0.05, 0.1) is 25.3 Å². The lowest BCUT2D eigenvalue weighted by Gasteiger charge is -2.23. The third kappa shape index (κ3) is 5.69. The normalized spacial score (nSPS) is 16.0. The number of thioether (sulfide) groups is 1. The van der Waals surface area contributed by atoms with Crippen LogP contribution in [0, 0.1) is 5.82 Å². The summed E-state index contributed by atoms with van der Waals surface area (Å²) in [6.45, 7) is 1.99. The second kappa shape index (κ2) is 12.6. The lowest BCUT2D eigenvalue weighted by Crippen LogP contribution is -2.29. The topological polar surface area (TPSA) is 122 Å². The number of hydrogen-bond acceptors (Lipinski definition) is 10. The largest absolute Gasteiger partial charge is 0.507 e. The highest BCUT2D eigenvalue weighted by atomic mass is 32.2. The van der Waals surface area contributed by atoms with Crippen LogP contribution in [-0.4, -0.2) is 45.8 Å². The first-order valence-corrected chi connectivity index (χ1v) is 15.6. The lowest BCUT2D eigenvalue weighted by atomic mass is 9.95. The monoisotopic (exact) mass is 643 g/mol. The molecule has 0 unspecified atom stereocenters. The van der Waals surface area contributed by atoms with Gasteiger partial charge in [-0.25, -0.2) is 4.39 Å². The lowest BCUT2D eigenvalue weighted by molar-refractivity contribution is -0.132. The number of aromatic hydroxyl groups is 1. The minimum Gasteiger partial charge on any atom is -0.507 e. The summed E-state index contributed by atoms with van der Waals surface area (Å²) in [4.78, 5) is 28.3. The number of carbonyl (C=O) groups excluding carboxylic acids is 2. The number of ether oxygens (including phenoxy) is 2. The number of fused-ring (bicyclic) bond motifs is 1. The van der Waals surface area contributed by atoms with E-state index in [1.165, 1.54) is 49.2 Å². The minimum atomic E-state index is -1.18. The number of aliphatic hydroxyl groups is 1. The molecule has 0 bridgehead atoms. The van der Waals surface area contributed by atoms with E-state index >= 15 is 0 Å². The standard InChI is InChI=1S/C33H26FN3O6S2/c1-3-43-26-16-19(11-13-24(26)38)28-27(29(39)20-12-14-25(42-2)23(34)15-20)30(40)31(41)37(28)32-35-36-33(45-32)44-17-21-9-6-8-18-7-4-5-10-22(18)21/h4-16,28,38-39H,3,17H2,1-2H3/t28-/m1/s1. The van der Waals surface area contributed by atoms with Crippen LogP contribution < -0.4 is 14.4 Å². The zero-order valence-corrected chi connectivity index (χ0v) is 25.7. The van der Waals surface area contributed by atoms with Crippen molar-refractivity contribution in [3.05, 3.63) is 107 Å². The van der Waals surface area contributed by atoms with Crippen LogP contribution in [0.25, 0.3) is 16.5 Å². The molecule has 9 nitrogen and oxygen atoms in total. The molecule has 6 rings (SSSR count). The van der Waals surface area contributed by atoms with E-state index in [4.69, 9.17) is 9.47 Å². The van der Waals surface area contributed by atoms with Gasteiger partial charge in [-0.1, -0.05) is 71.6 Å². The molecule has 5 aromatic rings. The first kappa shape index (κ1) is 30.1. The van der Waals surface area contributed by atoms with Gasteiger partial charge in [-0.2, -0.15) is 0 Å². The second-order valence-corrected chi connectivity index (χ2v) is 12.1. The average Bonchev–Trinajstić information content (AvgIpc) is 3.62. The van der Waals surface area contributed by atoms with E-state index in [0.29, 0.717) is 15.7 Å². The Balaban J connectivity index is 1.40. The van der Waals surface area contributed by atoms with Crippen LogP contribution in [-0.2, 0) is 15.3 Å². The number of amides is 1. The van der Waals surface area contributed by atoms with Crippen LogP contribution in [0.15, 0.2) is 88.8 Å². The van der Waals surface area contributed by atoms with Gasteiger partial charge < -0.3 is 19.7 Å². The number of halogens is 1. The van der Waals surface area contributed by atoms with E-state index in [1.54, 1.807) is 6.92 Å². The second-order valence-electron chi connectivity index (χ2n) is 9.96. The summed E-state index contributed by atoms with van der Waals surface area (Å²) >= 11 is 2.57. The van der Waals surface area contributed by atoms with Crippen LogP contribution in [0.5, 0.6) is 17.2 Å². The molecule has 1 amide bonds. The number of aromatic nitrogens is 2. The molecule has 2 heterocycles. The first-order valence-electron chi connectivity index (χ1n) is 13.8. The van der Waals surface area contributed by atoms with Crippen LogP contribution >= 0.6 is 23.1 Å². The fourth-order valence-corrected chi connectivity index (χ4v) is 7.07. The van der Waals surface area contributed by atoms with Gasteiger partial charge in [0, 0.05) is 11.3 Å². The molecule has 1 fully saturated rings. The Morgan fingerprint density at radius 1 is 1.02 bits per heavy atom. The number of nitrogens with zero attached hydrogens (tertiary/aromatic N) is 3.